The molecule has 1 aromatic heterocycles. The minimum absolute atomic E-state index is 0.118. The van der Waals surface area contributed by atoms with E-state index >= 15 is 0 Å². The lowest BCUT2D eigenvalue weighted by Gasteiger charge is -2.05. The smallest absolute Gasteiger partial charge is 0.243 e. The van der Waals surface area contributed by atoms with Crippen LogP contribution in [0, 0.1) is 0 Å². The van der Waals surface area contributed by atoms with Gasteiger partial charge in [-0.05, 0) is 25.5 Å². The average Bonchev–Trinajstić information content (AvgIpc) is 2.87. The summed E-state index contributed by atoms with van der Waals surface area (Å²) in [6.07, 6.45) is 1.75. The number of benzene rings is 1. The molecular weight excluding hydrogens is 226 g/mol. The summed E-state index contributed by atoms with van der Waals surface area (Å²) >= 11 is 0. The van der Waals surface area contributed by atoms with Crippen LogP contribution in [0.1, 0.15) is 37.2 Å². The second-order valence-corrected chi connectivity index (χ2v) is 4.31. The molecule has 1 N–H and O–H groups in total. The van der Waals surface area contributed by atoms with Crippen molar-refractivity contribution >= 4 is 0 Å². The number of aryl methyl sites for hydroxylation is 2. The Kier molecular flexibility index (Phi) is 4.47. The third-order valence-corrected chi connectivity index (χ3v) is 2.84. The first-order chi connectivity index (χ1) is 8.79. The van der Waals surface area contributed by atoms with Gasteiger partial charge in [-0.2, -0.15) is 4.98 Å². The Balaban J connectivity index is 1.91. The van der Waals surface area contributed by atoms with Gasteiger partial charge in [0.1, 0.15) is 0 Å². The lowest BCUT2D eigenvalue weighted by atomic mass is 10.1. The summed E-state index contributed by atoms with van der Waals surface area (Å²) < 4.78 is 5.24. The maximum absolute atomic E-state index is 5.24. The van der Waals surface area contributed by atoms with E-state index in [4.69, 9.17) is 4.52 Å². The zero-order chi connectivity index (χ0) is 12.8. The van der Waals surface area contributed by atoms with Crippen molar-refractivity contribution in [3.63, 3.8) is 0 Å². The summed E-state index contributed by atoms with van der Waals surface area (Å²) in [7, 11) is 0. The van der Waals surface area contributed by atoms with E-state index in [-0.39, 0.29) is 6.04 Å². The van der Waals surface area contributed by atoms with Crippen LogP contribution in [0.4, 0.5) is 0 Å². The second kappa shape index (κ2) is 6.31. The fourth-order valence-corrected chi connectivity index (χ4v) is 1.84. The molecule has 1 heterocycles. The summed E-state index contributed by atoms with van der Waals surface area (Å²) in [5, 5.41) is 7.26. The van der Waals surface area contributed by atoms with Crippen molar-refractivity contribution in [2.24, 2.45) is 0 Å². The summed E-state index contributed by atoms with van der Waals surface area (Å²) in [6, 6.07) is 10.5. The molecule has 18 heavy (non-hydrogen) atoms. The monoisotopic (exact) mass is 245 g/mol. The van der Waals surface area contributed by atoms with Gasteiger partial charge in [-0.3, -0.25) is 0 Å². The second-order valence-electron chi connectivity index (χ2n) is 4.31. The van der Waals surface area contributed by atoms with Crippen LogP contribution >= 0.6 is 0 Å². The molecule has 2 aromatic rings. The average molecular weight is 245 g/mol. The minimum atomic E-state index is 0.118. The highest BCUT2D eigenvalue weighted by Gasteiger charge is 2.12. The van der Waals surface area contributed by atoms with E-state index in [2.05, 4.69) is 34.5 Å². The van der Waals surface area contributed by atoms with Gasteiger partial charge < -0.3 is 9.84 Å². The third-order valence-electron chi connectivity index (χ3n) is 2.84. The molecular formula is C14H19N3O. The molecule has 0 saturated heterocycles. The Morgan fingerprint density at radius 2 is 2.00 bits per heavy atom. The molecule has 1 unspecified atom stereocenters. The van der Waals surface area contributed by atoms with Crippen LogP contribution < -0.4 is 5.32 Å². The molecule has 4 heteroatoms. The van der Waals surface area contributed by atoms with Crippen molar-refractivity contribution in [1.82, 2.24) is 15.5 Å². The maximum Gasteiger partial charge on any atom is 0.243 e. The van der Waals surface area contributed by atoms with Crippen LogP contribution in [0.5, 0.6) is 0 Å². The molecule has 1 atom stereocenters. The van der Waals surface area contributed by atoms with Gasteiger partial charge in [0.2, 0.25) is 5.89 Å². The van der Waals surface area contributed by atoms with E-state index < -0.39 is 0 Å². The fourth-order valence-electron chi connectivity index (χ4n) is 1.84. The predicted octanol–water partition coefficient (Wildman–Crippen LogP) is 2.53. The fraction of sp³-hybridized carbons (Fsp3) is 0.429. The van der Waals surface area contributed by atoms with Crippen LogP contribution in [0.3, 0.4) is 0 Å². The minimum Gasteiger partial charge on any atom is -0.338 e. The summed E-state index contributed by atoms with van der Waals surface area (Å²) in [5.74, 6) is 1.44. The van der Waals surface area contributed by atoms with Gasteiger partial charge in [-0.1, -0.05) is 42.4 Å². The van der Waals surface area contributed by atoms with E-state index in [1.165, 1.54) is 5.56 Å². The number of rotatable bonds is 6. The van der Waals surface area contributed by atoms with Gasteiger partial charge in [0.15, 0.2) is 5.82 Å². The Bertz CT molecular complexity index is 467. The highest BCUT2D eigenvalue weighted by atomic mass is 16.5. The Hall–Kier alpha value is -1.68. The molecule has 0 bridgehead atoms. The quantitative estimate of drug-likeness (QED) is 0.849. The highest BCUT2D eigenvalue weighted by molar-refractivity contribution is 5.15. The molecule has 96 valence electrons. The van der Waals surface area contributed by atoms with Gasteiger partial charge in [-0.25, -0.2) is 0 Å². The van der Waals surface area contributed by atoms with Gasteiger partial charge in [0, 0.05) is 6.42 Å². The van der Waals surface area contributed by atoms with Crippen LogP contribution in [0.15, 0.2) is 34.9 Å². The number of hydrogen-bond donors (Lipinski definition) is 1. The van der Waals surface area contributed by atoms with E-state index in [1.807, 2.05) is 25.1 Å². The van der Waals surface area contributed by atoms with Gasteiger partial charge in [0.05, 0.1) is 6.04 Å². The number of aromatic nitrogens is 2. The summed E-state index contributed by atoms with van der Waals surface area (Å²) in [5.41, 5.74) is 1.29. The molecule has 0 saturated carbocycles. The first kappa shape index (κ1) is 12.8. The lowest BCUT2D eigenvalue weighted by Crippen LogP contribution is -2.17. The molecule has 2 rings (SSSR count). The van der Waals surface area contributed by atoms with Crippen LogP contribution in [-0.2, 0) is 12.8 Å². The van der Waals surface area contributed by atoms with Gasteiger partial charge >= 0.3 is 0 Å². The molecule has 0 fully saturated rings. The third kappa shape index (κ3) is 3.40. The predicted molar refractivity (Wildman–Crippen MR) is 70.2 cm³/mol. The largest absolute Gasteiger partial charge is 0.338 e. The van der Waals surface area contributed by atoms with Crippen LogP contribution in [0.2, 0.25) is 0 Å². The van der Waals surface area contributed by atoms with Crippen molar-refractivity contribution in [2.75, 3.05) is 6.54 Å². The van der Waals surface area contributed by atoms with Crippen molar-refractivity contribution in [2.45, 2.75) is 32.7 Å². The number of nitrogens with zero attached hydrogens (tertiary/aromatic N) is 2. The van der Waals surface area contributed by atoms with E-state index in [1.54, 1.807) is 0 Å². The molecule has 0 amide bonds. The standard InChI is InChI=1S/C14H19N3O/c1-3-15-11(2)14-16-13(17-18-14)10-9-12-7-5-4-6-8-12/h4-8,11,15H,3,9-10H2,1-2H3. The van der Waals surface area contributed by atoms with E-state index in [0.29, 0.717) is 5.89 Å². The van der Waals surface area contributed by atoms with E-state index in [0.717, 1.165) is 25.2 Å². The van der Waals surface area contributed by atoms with Crippen molar-refractivity contribution < 1.29 is 4.52 Å². The van der Waals surface area contributed by atoms with E-state index in [9.17, 15) is 0 Å². The highest BCUT2D eigenvalue weighted by Crippen LogP contribution is 2.10. The first-order valence-electron chi connectivity index (χ1n) is 6.39. The van der Waals surface area contributed by atoms with Gasteiger partial charge in [-0.15, -0.1) is 0 Å². The SMILES string of the molecule is CCNC(C)c1nc(CCc2ccccc2)no1. The Morgan fingerprint density at radius 1 is 1.22 bits per heavy atom. The Labute approximate surface area is 107 Å². The molecule has 4 nitrogen and oxygen atoms in total. The number of nitrogens with one attached hydrogen (secondary N) is 1. The maximum atomic E-state index is 5.24. The summed E-state index contributed by atoms with van der Waals surface area (Å²) in [6.45, 7) is 4.98. The zero-order valence-electron chi connectivity index (χ0n) is 10.9. The van der Waals surface area contributed by atoms with Crippen LogP contribution in [-0.4, -0.2) is 16.7 Å². The van der Waals surface area contributed by atoms with Crippen molar-refractivity contribution in [1.29, 1.82) is 0 Å². The molecule has 0 aliphatic carbocycles. The van der Waals surface area contributed by atoms with Crippen molar-refractivity contribution in [3.05, 3.63) is 47.6 Å². The lowest BCUT2D eigenvalue weighted by molar-refractivity contribution is 0.338. The van der Waals surface area contributed by atoms with Crippen LogP contribution in [0.25, 0.3) is 0 Å². The zero-order valence-corrected chi connectivity index (χ0v) is 10.9. The topological polar surface area (TPSA) is 51.0 Å². The van der Waals surface area contributed by atoms with Gasteiger partial charge in [0.25, 0.3) is 0 Å². The molecule has 0 spiro atoms. The molecule has 0 aliphatic rings. The summed E-state index contributed by atoms with van der Waals surface area (Å²) in [4.78, 5) is 4.40. The number of hydrogen-bond acceptors (Lipinski definition) is 4. The molecule has 0 aliphatic heterocycles. The normalized spacial score (nSPS) is 12.6. The Morgan fingerprint density at radius 3 is 2.72 bits per heavy atom. The first-order valence-corrected chi connectivity index (χ1v) is 6.39. The van der Waals surface area contributed by atoms with Crippen molar-refractivity contribution in [3.8, 4) is 0 Å². The molecule has 1 aromatic carbocycles. The molecule has 0 radical (unpaired) electrons.